The number of hydrogen-bond acceptors (Lipinski definition) is 2. The fourth-order valence-electron chi connectivity index (χ4n) is 3.71. The van der Waals surface area contributed by atoms with E-state index in [0.717, 1.165) is 18.4 Å². The first-order chi connectivity index (χ1) is 9.31. The molecule has 2 fully saturated rings. The average molecular weight is 254 g/mol. The maximum absolute atomic E-state index is 12.1. The minimum atomic E-state index is -0.540. The van der Waals surface area contributed by atoms with Crippen LogP contribution in [0.4, 0.5) is 0 Å². The largest absolute Gasteiger partial charge is 0.352 e. The highest BCUT2D eigenvalue weighted by atomic mass is 16.2. The highest BCUT2D eigenvalue weighted by Crippen LogP contribution is 2.43. The van der Waals surface area contributed by atoms with Crippen molar-refractivity contribution in [2.75, 3.05) is 0 Å². The molecule has 4 atom stereocenters. The first-order valence-electron chi connectivity index (χ1n) is 7.06. The number of carbonyl (C=O) groups is 1. The second-order valence-electron chi connectivity index (χ2n) is 5.61. The van der Waals surface area contributed by atoms with Gasteiger partial charge in [0.15, 0.2) is 0 Å². The number of piperidine rings is 1. The van der Waals surface area contributed by atoms with Gasteiger partial charge in [0.25, 0.3) is 0 Å². The molecule has 1 aromatic carbocycles. The van der Waals surface area contributed by atoms with E-state index in [1.165, 1.54) is 12.8 Å². The van der Waals surface area contributed by atoms with Crippen LogP contribution < -0.4 is 5.32 Å². The second-order valence-corrected chi connectivity index (χ2v) is 5.61. The van der Waals surface area contributed by atoms with Crippen LogP contribution in [0.2, 0.25) is 0 Å². The summed E-state index contributed by atoms with van der Waals surface area (Å²) in [6, 6.07) is 12.6. The van der Waals surface area contributed by atoms with E-state index in [1.807, 2.05) is 18.2 Å². The maximum atomic E-state index is 12.1. The van der Waals surface area contributed by atoms with E-state index in [2.05, 4.69) is 23.5 Å². The number of rotatable bonds is 1. The lowest BCUT2D eigenvalue weighted by Crippen LogP contribution is -2.54. The van der Waals surface area contributed by atoms with Crippen molar-refractivity contribution in [2.45, 2.75) is 37.6 Å². The van der Waals surface area contributed by atoms with Gasteiger partial charge < -0.3 is 5.32 Å². The molecule has 0 bridgehead atoms. The van der Waals surface area contributed by atoms with E-state index < -0.39 is 5.92 Å². The Morgan fingerprint density at radius 1 is 1.16 bits per heavy atom. The minimum Gasteiger partial charge on any atom is -0.352 e. The standard InChI is InChI=1S/C16H18N2O/c17-10-13-15(11-6-2-1-3-7-11)12-8-4-5-9-14(12)18-16(13)19/h1-3,6-7,12-15H,4-5,8-9H2,(H,18,19). The molecule has 1 amide bonds. The third kappa shape index (κ3) is 2.12. The van der Waals surface area contributed by atoms with Crippen molar-refractivity contribution in [3.05, 3.63) is 35.9 Å². The van der Waals surface area contributed by atoms with Crippen molar-refractivity contribution >= 4 is 5.91 Å². The van der Waals surface area contributed by atoms with Gasteiger partial charge in [0.2, 0.25) is 5.91 Å². The van der Waals surface area contributed by atoms with E-state index in [0.29, 0.717) is 5.92 Å². The Morgan fingerprint density at radius 2 is 1.89 bits per heavy atom. The fourth-order valence-corrected chi connectivity index (χ4v) is 3.71. The highest BCUT2D eigenvalue weighted by molar-refractivity contribution is 5.83. The van der Waals surface area contributed by atoms with Gasteiger partial charge in [0.1, 0.15) is 5.92 Å². The molecule has 3 nitrogen and oxygen atoms in total. The Bertz CT molecular complexity index is 505. The summed E-state index contributed by atoms with van der Waals surface area (Å²) in [6.45, 7) is 0. The van der Waals surface area contributed by atoms with E-state index in [9.17, 15) is 10.1 Å². The summed E-state index contributed by atoms with van der Waals surface area (Å²) in [7, 11) is 0. The fraction of sp³-hybridized carbons (Fsp3) is 0.500. The summed E-state index contributed by atoms with van der Waals surface area (Å²) in [5, 5.41) is 12.4. The van der Waals surface area contributed by atoms with Gasteiger partial charge >= 0.3 is 0 Å². The number of hydrogen-bond donors (Lipinski definition) is 1. The Kier molecular flexibility index (Phi) is 3.25. The zero-order chi connectivity index (χ0) is 13.2. The van der Waals surface area contributed by atoms with Gasteiger partial charge in [-0.2, -0.15) is 5.26 Å². The summed E-state index contributed by atoms with van der Waals surface area (Å²) < 4.78 is 0. The van der Waals surface area contributed by atoms with Crippen LogP contribution in [0, 0.1) is 23.2 Å². The topological polar surface area (TPSA) is 52.9 Å². The van der Waals surface area contributed by atoms with Crippen LogP contribution >= 0.6 is 0 Å². The molecule has 1 aliphatic heterocycles. The Morgan fingerprint density at radius 3 is 2.63 bits per heavy atom. The summed E-state index contributed by atoms with van der Waals surface area (Å²) >= 11 is 0. The molecule has 4 unspecified atom stereocenters. The quantitative estimate of drug-likeness (QED) is 0.837. The monoisotopic (exact) mass is 254 g/mol. The molecule has 1 N–H and O–H groups in total. The number of nitrogens with zero attached hydrogens (tertiary/aromatic N) is 1. The minimum absolute atomic E-state index is 0.0604. The molecule has 1 aliphatic carbocycles. The normalized spacial score (nSPS) is 33.9. The van der Waals surface area contributed by atoms with Crippen molar-refractivity contribution in [3.8, 4) is 6.07 Å². The number of nitrogens with one attached hydrogen (secondary N) is 1. The molecule has 3 rings (SSSR count). The van der Waals surface area contributed by atoms with Crippen LogP contribution in [-0.4, -0.2) is 11.9 Å². The second kappa shape index (κ2) is 5.05. The summed E-state index contributed by atoms with van der Waals surface area (Å²) in [5.74, 6) is -0.148. The average Bonchev–Trinajstić information content (AvgIpc) is 2.46. The van der Waals surface area contributed by atoms with Crippen molar-refractivity contribution < 1.29 is 4.79 Å². The molecule has 19 heavy (non-hydrogen) atoms. The third-order valence-corrected chi connectivity index (χ3v) is 4.57. The summed E-state index contributed by atoms with van der Waals surface area (Å²) in [4.78, 5) is 12.1. The zero-order valence-electron chi connectivity index (χ0n) is 10.9. The van der Waals surface area contributed by atoms with Gasteiger partial charge in [-0.05, 0) is 24.3 Å². The van der Waals surface area contributed by atoms with E-state index in [1.54, 1.807) is 0 Å². The molecule has 1 aromatic rings. The van der Waals surface area contributed by atoms with Crippen molar-refractivity contribution in [2.24, 2.45) is 11.8 Å². The molecule has 1 saturated heterocycles. The molecule has 0 spiro atoms. The van der Waals surface area contributed by atoms with Gasteiger partial charge in [0.05, 0.1) is 6.07 Å². The van der Waals surface area contributed by atoms with Crippen LogP contribution in [-0.2, 0) is 4.79 Å². The van der Waals surface area contributed by atoms with Crippen molar-refractivity contribution in [1.82, 2.24) is 5.32 Å². The molecular formula is C16H18N2O. The maximum Gasteiger partial charge on any atom is 0.238 e. The van der Waals surface area contributed by atoms with Crippen LogP contribution in [0.25, 0.3) is 0 Å². The van der Waals surface area contributed by atoms with Gasteiger partial charge in [-0.3, -0.25) is 4.79 Å². The predicted octanol–water partition coefficient (Wildman–Crippen LogP) is 2.60. The van der Waals surface area contributed by atoms with Crippen LogP contribution in [0.5, 0.6) is 0 Å². The Balaban J connectivity index is 1.99. The van der Waals surface area contributed by atoms with Gasteiger partial charge in [-0.15, -0.1) is 0 Å². The predicted molar refractivity (Wildman–Crippen MR) is 72.2 cm³/mol. The van der Waals surface area contributed by atoms with E-state index >= 15 is 0 Å². The molecule has 3 heteroatoms. The molecule has 1 heterocycles. The highest BCUT2D eigenvalue weighted by Gasteiger charge is 2.45. The number of benzene rings is 1. The van der Waals surface area contributed by atoms with Gasteiger partial charge in [-0.1, -0.05) is 43.2 Å². The smallest absolute Gasteiger partial charge is 0.238 e. The van der Waals surface area contributed by atoms with Crippen molar-refractivity contribution in [3.63, 3.8) is 0 Å². The zero-order valence-corrected chi connectivity index (χ0v) is 10.9. The lowest BCUT2D eigenvalue weighted by atomic mass is 9.66. The molecule has 98 valence electrons. The van der Waals surface area contributed by atoms with Crippen molar-refractivity contribution in [1.29, 1.82) is 5.26 Å². The number of nitriles is 1. The molecule has 0 aromatic heterocycles. The Labute approximate surface area is 113 Å². The SMILES string of the molecule is N#CC1C(=O)NC2CCCCC2C1c1ccccc1. The van der Waals surface area contributed by atoms with E-state index in [4.69, 9.17) is 0 Å². The van der Waals surface area contributed by atoms with E-state index in [-0.39, 0.29) is 17.9 Å². The lowest BCUT2D eigenvalue weighted by Gasteiger charge is -2.43. The van der Waals surface area contributed by atoms with Crippen LogP contribution in [0.1, 0.15) is 37.2 Å². The number of carbonyl (C=O) groups excluding carboxylic acids is 1. The number of amides is 1. The lowest BCUT2D eigenvalue weighted by molar-refractivity contribution is -0.128. The van der Waals surface area contributed by atoms with Gasteiger partial charge in [0, 0.05) is 12.0 Å². The molecular weight excluding hydrogens is 236 g/mol. The van der Waals surface area contributed by atoms with Crippen LogP contribution in [0.3, 0.4) is 0 Å². The van der Waals surface area contributed by atoms with Crippen LogP contribution in [0.15, 0.2) is 30.3 Å². The molecule has 1 saturated carbocycles. The number of fused-ring (bicyclic) bond motifs is 1. The third-order valence-electron chi connectivity index (χ3n) is 4.57. The molecule has 2 aliphatic rings. The molecule has 0 radical (unpaired) electrons. The summed E-state index contributed by atoms with van der Waals surface area (Å²) in [6.07, 6.45) is 4.55. The Hall–Kier alpha value is -1.82. The first-order valence-corrected chi connectivity index (χ1v) is 7.06. The van der Waals surface area contributed by atoms with Gasteiger partial charge in [-0.25, -0.2) is 0 Å². The summed E-state index contributed by atoms with van der Waals surface area (Å²) in [5.41, 5.74) is 1.14. The first kappa shape index (κ1) is 12.2.